The lowest BCUT2D eigenvalue weighted by Gasteiger charge is -2.12. The number of hydrogen-bond donors (Lipinski definition) is 0. The molecule has 0 atom stereocenters. The number of rotatable bonds is 6. The molecule has 4 aromatic rings. The molecular formula is C25H26N2O. The van der Waals surface area contributed by atoms with Gasteiger partial charge in [0.2, 0.25) is 0 Å². The topological polar surface area (TPSA) is 27.1 Å². The van der Waals surface area contributed by atoms with E-state index in [1.807, 2.05) is 6.07 Å². The number of aromatic nitrogens is 2. The molecule has 3 heteroatoms. The first kappa shape index (κ1) is 18.3. The first-order chi connectivity index (χ1) is 13.6. The summed E-state index contributed by atoms with van der Waals surface area (Å²) in [5.41, 5.74) is 7.02. The second-order valence-corrected chi connectivity index (χ2v) is 7.42. The van der Waals surface area contributed by atoms with Crippen molar-refractivity contribution in [2.24, 2.45) is 0 Å². The second kappa shape index (κ2) is 7.89. The number of aryl methyl sites for hydroxylation is 4. The predicted molar refractivity (Wildman–Crippen MR) is 116 cm³/mol. The number of fused-ring (bicyclic) bond motifs is 1. The first-order valence-corrected chi connectivity index (χ1v) is 9.84. The van der Waals surface area contributed by atoms with Crippen molar-refractivity contribution in [3.63, 3.8) is 0 Å². The molecule has 1 heterocycles. The lowest BCUT2D eigenvalue weighted by atomic mass is 10.1. The highest BCUT2D eigenvalue weighted by atomic mass is 16.5. The minimum atomic E-state index is 0.685. The fraction of sp³-hybridized carbons (Fsp3) is 0.240. The molecule has 0 aliphatic heterocycles. The SMILES string of the molecule is Cc1cccc(-c2nc3ccccc3n2CCCOc2cc(C)ccc2C)c1. The van der Waals surface area contributed by atoms with E-state index in [2.05, 4.69) is 86.0 Å². The molecule has 0 spiro atoms. The van der Waals surface area contributed by atoms with Crippen molar-refractivity contribution in [2.75, 3.05) is 6.61 Å². The van der Waals surface area contributed by atoms with E-state index in [-0.39, 0.29) is 0 Å². The standard InChI is InChI=1S/C25H26N2O/c1-18-8-6-9-21(16-18)25-26-22-10-4-5-11-23(22)27(25)14-7-15-28-24-17-19(2)12-13-20(24)3/h4-6,8-13,16-17H,7,14-15H2,1-3H3. The van der Waals surface area contributed by atoms with Gasteiger partial charge in [-0.25, -0.2) is 4.98 Å². The third-order valence-corrected chi connectivity index (χ3v) is 5.06. The van der Waals surface area contributed by atoms with Crippen molar-refractivity contribution in [1.82, 2.24) is 9.55 Å². The predicted octanol–water partition coefficient (Wildman–Crippen LogP) is 6.10. The fourth-order valence-electron chi connectivity index (χ4n) is 3.57. The van der Waals surface area contributed by atoms with Crippen LogP contribution in [0.2, 0.25) is 0 Å². The lowest BCUT2D eigenvalue weighted by molar-refractivity contribution is 0.301. The van der Waals surface area contributed by atoms with Crippen molar-refractivity contribution >= 4 is 11.0 Å². The maximum Gasteiger partial charge on any atom is 0.141 e. The van der Waals surface area contributed by atoms with Gasteiger partial charge in [-0.15, -0.1) is 0 Å². The first-order valence-electron chi connectivity index (χ1n) is 9.84. The number of ether oxygens (including phenoxy) is 1. The van der Waals surface area contributed by atoms with Crippen LogP contribution < -0.4 is 4.74 Å². The van der Waals surface area contributed by atoms with E-state index in [0.717, 1.165) is 35.6 Å². The van der Waals surface area contributed by atoms with Crippen molar-refractivity contribution in [1.29, 1.82) is 0 Å². The van der Waals surface area contributed by atoms with Crippen molar-refractivity contribution in [3.05, 3.63) is 83.4 Å². The summed E-state index contributed by atoms with van der Waals surface area (Å²) >= 11 is 0. The molecule has 0 radical (unpaired) electrons. The Labute approximate surface area is 166 Å². The zero-order chi connectivity index (χ0) is 19.5. The van der Waals surface area contributed by atoms with Gasteiger partial charge in [-0.05, 0) is 62.6 Å². The summed E-state index contributed by atoms with van der Waals surface area (Å²) in [5.74, 6) is 2.01. The van der Waals surface area contributed by atoms with E-state index in [1.54, 1.807) is 0 Å². The molecule has 0 aliphatic carbocycles. The van der Waals surface area contributed by atoms with E-state index >= 15 is 0 Å². The summed E-state index contributed by atoms with van der Waals surface area (Å²) in [5, 5.41) is 0. The largest absolute Gasteiger partial charge is 0.493 e. The molecular weight excluding hydrogens is 344 g/mol. The van der Waals surface area contributed by atoms with E-state index in [1.165, 1.54) is 22.2 Å². The summed E-state index contributed by atoms with van der Waals surface area (Å²) in [6.07, 6.45) is 0.923. The normalized spacial score (nSPS) is 11.1. The Bertz CT molecular complexity index is 1110. The Morgan fingerprint density at radius 2 is 1.68 bits per heavy atom. The van der Waals surface area contributed by atoms with Gasteiger partial charge in [0.05, 0.1) is 17.6 Å². The van der Waals surface area contributed by atoms with Crippen molar-refractivity contribution < 1.29 is 4.74 Å². The van der Waals surface area contributed by atoms with Gasteiger partial charge in [0.1, 0.15) is 11.6 Å². The van der Waals surface area contributed by atoms with Crippen LogP contribution in [0.25, 0.3) is 22.4 Å². The summed E-state index contributed by atoms with van der Waals surface area (Å²) in [6.45, 7) is 7.86. The molecule has 0 unspecified atom stereocenters. The van der Waals surface area contributed by atoms with Crippen LogP contribution in [0.1, 0.15) is 23.1 Å². The van der Waals surface area contributed by atoms with Crippen LogP contribution in [0.3, 0.4) is 0 Å². The molecule has 3 aromatic carbocycles. The Hall–Kier alpha value is -3.07. The highest BCUT2D eigenvalue weighted by molar-refractivity contribution is 5.80. The maximum absolute atomic E-state index is 6.06. The third-order valence-electron chi connectivity index (χ3n) is 5.06. The van der Waals surface area contributed by atoms with E-state index in [0.29, 0.717) is 6.61 Å². The smallest absolute Gasteiger partial charge is 0.141 e. The average Bonchev–Trinajstić information content (AvgIpc) is 3.06. The molecule has 0 bridgehead atoms. The van der Waals surface area contributed by atoms with Crippen LogP contribution in [-0.4, -0.2) is 16.2 Å². The van der Waals surface area contributed by atoms with Crippen molar-refractivity contribution in [2.45, 2.75) is 33.7 Å². The molecule has 3 nitrogen and oxygen atoms in total. The van der Waals surface area contributed by atoms with Gasteiger partial charge in [-0.3, -0.25) is 0 Å². The summed E-state index contributed by atoms with van der Waals surface area (Å²) in [6, 6.07) is 23.2. The average molecular weight is 370 g/mol. The number of hydrogen-bond acceptors (Lipinski definition) is 2. The van der Waals surface area contributed by atoms with Gasteiger partial charge >= 0.3 is 0 Å². The fourth-order valence-corrected chi connectivity index (χ4v) is 3.57. The van der Waals surface area contributed by atoms with Gasteiger partial charge in [0.15, 0.2) is 0 Å². The monoisotopic (exact) mass is 370 g/mol. The van der Waals surface area contributed by atoms with Gasteiger partial charge in [0.25, 0.3) is 0 Å². The van der Waals surface area contributed by atoms with Gasteiger partial charge in [-0.1, -0.05) is 48.0 Å². The van der Waals surface area contributed by atoms with Crippen LogP contribution in [0.4, 0.5) is 0 Å². The zero-order valence-corrected chi connectivity index (χ0v) is 16.8. The number of imidazole rings is 1. The Morgan fingerprint density at radius 3 is 2.54 bits per heavy atom. The van der Waals surface area contributed by atoms with Crippen molar-refractivity contribution in [3.8, 4) is 17.1 Å². The summed E-state index contributed by atoms with van der Waals surface area (Å²) in [4.78, 5) is 4.91. The molecule has 0 amide bonds. The van der Waals surface area contributed by atoms with Gasteiger partial charge in [-0.2, -0.15) is 0 Å². The molecule has 0 saturated carbocycles. The number of para-hydroxylation sites is 2. The second-order valence-electron chi connectivity index (χ2n) is 7.42. The molecule has 4 rings (SSSR count). The van der Waals surface area contributed by atoms with Gasteiger partial charge in [0, 0.05) is 12.1 Å². The minimum Gasteiger partial charge on any atom is -0.493 e. The molecule has 0 saturated heterocycles. The highest BCUT2D eigenvalue weighted by Gasteiger charge is 2.12. The van der Waals surface area contributed by atoms with E-state index in [9.17, 15) is 0 Å². The van der Waals surface area contributed by atoms with E-state index in [4.69, 9.17) is 9.72 Å². The van der Waals surface area contributed by atoms with Crippen LogP contribution >= 0.6 is 0 Å². The van der Waals surface area contributed by atoms with Crippen LogP contribution in [0.5, 0.6) is 5.75 Å². The Balaban J connectivity index is 1.56. The molecule has 0 N–H and O–H groups in total. The molecule has 142 valence electrons. The molecule has 1 aromatic heterocycles. The van der Waals surface area contributed by atoms with Gasteiger partial charge < -0.3 is 9.30 Å². The highest BCUT2D eigenvalue weighted by Crippen LogP contribution is 2.26. The quantitative estimate of drug-likeness (QED) is 0.384. The molecule has 0 aliphatic rings. The summed E-state index contributed by atoms with van der Waals surface area (Å²) in [7, 11) is 0. The minimum absolute atomic E-state index is 0.685. The summed E-state index contributed by atoms with van der Waals surface area (Å²) < 4.78 is 8.37. The van der Waals surface area contributed by atoms with Crippen LogP contribution in [-0.2, 0) is 6.54 Å². The number of benzene rings is 3. The maximum atomic E-state index is 6.06. The Morgan fingerprint density at radius 1 is 0.857 bits per heavy atom. The van der Waals surface area contributed by atoms with E-state index < -0.39 is 0 Å². The zero-order valence-electron chi connectivity index (χ0n) is 16.8. The molecule has 28 heavy (non-hydrogen) atoms. The third kappa shape index (κ3) is 3.79. The number of nitrogens with zero attached hydrogens (tertiary/aromatic N) is 2. The Kier molecular flexibility index (Phi) is 5.16. The van der Waals surface area contributed by atoms with Crippen LogP contribution in [0, 0.1) is 20.8 Å². The lowest BCUT2D eigenvalue weighted by Crippen LogP contribution is -2.06. The molecule has 0 fully saturated rings. The van der Waals surface area contributed by atoms with Crippen LogP contribution in [0.15, 0.2) is 66.7 Å².